The van der Waals surface area contributed by atoms with E-state index in [1.165, 1.54) is 29.2 Å². The van der Waals surface area contributed by atoms with Crippen LogP contribution in [0.3, 0.4) is 0 Å². The monoisotopic (exact) mass is 678 g/mol. The molecule has 4 aromatic carbocycles. The molecular formula is C36H32N5O7S+. The van der Waals surface area contributed by atoms with E-state index in [1.54, 1.807) is 41.4 Å². The van der Waals surface area contributed by atoms with Gasteiger partial charge in [0, 0.05) is 28.7 Å². The Labute approximate surface area is 286 Å². The van der Waals surface area contributed by atoms with Crippen LogP contribution >= 0.6 is 12.2 Å². The number of phenolic OH excluding ortho intramolecular Hbond substituents is 2. The second kappa shape index (κ2) is 12.5. The fraction of sp³-hybridized carbons (Fsp3) is 0.167. The second-order valence-electron chi connectivity index (χ2n) is 11.8. The number of carbonyl (C=O) groups is 2. The molecule has 4 aromatic rings. The Balaban J connectivity index is 1.15. The standard InChI is InChI=1S/C36H31N5O7S/c1-19-34(44)41-18-27(38-17-30(41)39-19)20-6-9-22(10-7-20)47-15-14-40(36(37)49)32-28(43)13-12-26-31(23-4-2-3-5-24(23)35(45)46)25-11-8-21(42)16-29(25)48-33(26)32/h2-13,16-17,19,31,39,42-43H,14-15,18H2,1H3,(H2,37,49)(H,45,46)/p+1/t19?,31-/m1/s1. The number of thiocarbonyl (C=S) groups is 1. The predicted molar refractivity (Wildman–Crippen MR) is 184 cm³/mol. The summed E-state index contributed by atoms with van der Waals surface area (Å²) >= 11 is 5.42. The minimum atomic E-state index is -1.09. The molecule has 3 aliphatic heterocycles. The number of ether oxygens (including phenoxy) is 2. The highest BCUT2D eigenvalue weighted by atomic mass is 32.1. The van der Waals surface area contributed by atoms with Crippen molar-refractivity contribution in [3.05, 3.63) is 119 Å². The van der Waals surface area contributed by atoms with Crippen molar-refractivity contribution in [2.75, 3.05) is 24.6 Å². The zero-order valence-electron chi connectivity index (χ0n) is 26.2. The van der Waals surface area contributed by atoms with Gasteiger partial charge in [0.25, 0.3) is 5.91 Å². The number of amides is 1. The number of carboxylic acid groups (broad SMARTS) is 1. The molecule has 49 heavy (non-hydrogen) atoms. The quantitative estimate of drug-likeness (QED) is 0.133. The predicted octanol–water partition coefficient (Wildman–Crippen LogP) is 2.71. The molecule has 13 heteroatoms. The van der Waals surface area contributed by atoms with E-state index in [9.17, 15) is 24.9 Å². The molecule has 2 atom stereocenters. The van der Waals surface area contributed by atoms with Crippen LogP contribution in [-0.2, 0) is 4.79 Å². The Kier molecular flexibility index (Phi) is 8.04. The molecule has 3 aliphatic rings. The summed E-state index contributed by atoms with van der Waals surface area (Å²) in [6.07, 6.45) is 1.78. The lowest BCUT2D eigenvalue weighted by atomic mass is 9.80. The van der Waals surface area contributed by atoms with E-state index in [4.69, 9.17) is 27.4 Å². The summed E-state index contributed by atoms with van der Waals surface area (Å²) in [5, 5.41) is 34.6. The first kappa shape index (κ1) is 31.5. The fourth-order valence-corrected chi connectivity index (χ4v) is 6.63. The zero-order chi connectivity index (χ0) is 34.4. The number of carbonyl (C=O) groups excluding carboxylic acids is 1. The maximum atomic E-state index is 12.5. The van der Waals surface area contributed by atoms with Gasteiger partial charge in [-0.1, -0.05) is 30.3 Å². The van der Waals surface area contributed by atoms with Crippen LogP contribution < -0.4 is 30.4 Å². The van der Waals surface area contributed by atoms with E-state index in [1.807, 2.05) is 31.2 Å². The molecule has 1 fully saturated rings. The number of fused-ring (bicyclic) bond motifs is 3. The maximum absolute atomic E-state index is 12.5. The number of hydrogen-bond acceptors (Lipinski definition) is 8. The summed E-state index contributed by atoms with van der Waals surface area (Å²) in [4.78, 5) is 31.2. The highest BCUT2D eigenvalue weighted by Crippen LogP contribution is 2.54. The van der Waals surface area contributed by atoms with E-state index < -0.39 is 11.9 Å². The van der Waals surface area contributed by atoms with E-state index in [2.05, 4.69) is 10.3 Å². The average molecular weight is 679 g/mol. The minimum absolute atomic E-state index is 0.0200. The van der Waals surface area contributed by atoms with Crippen molar-refractivity contribution in [3.63, 3.8) is 0 Å². The largest absolute Gasteiger partial charge is 0.508 e. The number of anilines is 1. The minimum Gasteiger partial charge on any atom is -0.508 e. The van der Waals surface area contributed by atoms with Crippen LogP contribution in [0.1, 0.15) is 45.5 Å². The van der Waals surface area contributed by atoms with Crippen LogP contribution in [0.5, 0.6) is 28.7 Å². The van der Waals surface area contributed by atoms with Gasteiger partial charge >= 0.3 is 5.97 Å². The molecule has 1 saturated heterocycles. The third kappa shape index (κ3) is 5.74. The average Bonchev–Trinajstić information content (AvgIpc) is 3.38. The Bertz CT molecular complexity index is 2080. The smallest absolute Gasteiger partial charge is 0.335 e. The number of hydrogen-bond donors (Lipinski definition) is 6. The molecule has 0 spiro atoms. The Morgan fingerprint density at radius 2 is 1.84 bits per heavy atom. The third-order valence-corrected chi connectivity index (χ3v) is 9.01. The SMILES string of the molecule is CC1NC2=C[NH+]=C(c3ccc(OCCN(C(N)=S)c4c(O)ccc5c4Oc4cc(O)ccc4[C@H]5c4ccccc4C(=O)O)cc3)CN2C1=O. The molecule has 12 nitrogen and oxygen atoms in total. The number of nitrogens with zero attached hydrogens (tertiary/aromatic N) is 2. The summed E-state index contributed by atoms with van der Waals surface area (Å²) in [5.41, 5.74) is 10.0. The molecule has 1 unspecified atom stereocenters. The van der Waals surface area contributed by atoms with E-state index >= 15 is 0 Å². The van der Waals surface area contributed by atoms with Crippen molar-refractivity contribution in [1.82, 2.24) is 10.2 Å². The first-order valence-electron chi connectivity index (χ1n) is 15.5. The van der Waals surface area contributed by atoms with Gasteiger partial charge in [-0.3, -0.25) is 9.69 Å². The summed E-state index contributed by atoms with van der Waals surface area (Å²) < 4.78 is 12.4. The highest BCUT2D eigenvalue weighted by Gasteiger charge is 2.38. The fourth-order valence-electron chi connectivity index (χ4n) is 6.45. The van der Waals surface area contributed by atoms with Gasteiger partial charge in [-0.2, -0.15) is 0 Å². The van der Waals surface area contributed by atoms with Crippen LogP contribution in [0.2, 0.25) is 0 Å². The first-order chi connectivity index (χ1) is 23.6. The lowest BCUT2D eigenvalue weighted by Crippen LogP contribution is -2.72. The molecule has 0 bridgehead atoms. The lowest BCUT2D eigenvalue weighted by molar-refractivity contribution is -0.379. The van der Waals surface area contributed by atoms with Gasteiger partial charge in [-0.25, -0.2) is 9.79 Å². The lowest BCUT2D eigenvalue weighted by Gasteiger charge is -2.34. The number of phenols is 2. The molecule has 0 saturated carbocycles. The molecule has 3 heterocycles. The van der Waals surface area contributed by atoms with Gasteiger partial charge in [0.1, 0.15) is 47.9 Å². The summed E-state index contributed by atoms with van der Waals surface area (Å²) in [7, 11) is 0. The summed E-state index contributed by atoms with van der Waals surface area (Å²) in [6, 6.07) is 21.7. The number of benzene rings is 4. The molecule has 0 radical (unpaired) electrons. The topological polar surface area (TPSA) is 172 Å². The number of carboxylic acids is 1. The van der Waals surface area contributed by atoms with Gasteiger partial charge in [-0.05, 0) is 67.2 Å². The van der Waals surface area contributed by atoms with Crippen LogP contribution in [0.25, 0.3) is 0 Å². The summed E-state index contributed by atoms with van der Waals surface area (Å²) in [6.45, 7) is 2.50. The number of aromatic carboxylic acids is 1. The van der Waals surface area contributed by atoms with Crippen molar-refractivity contribution in [2.45, 2.75) is 18.9 Å². The van der Waals surface area contributed by atoms with Gasteiger partial charge in [0.15, 0.2) is 16.7 Å². The van der Waals surface area contributed by atoms with E-state index in [0.29, 0.717) is 34.7 Å². The van der Waals surface area contributed by atoms with Crippen molar-refractivity contribution in [3.8, 4) is 28.7 Å². The Morgan fingerprint density at radius 1 is 1.08 bits per heavy atom. The Hall–Kier alpha value is -6.08. The number of rotatable bonds is 8. The van der Waals surface area contributed by atoms with Crippen LogP contribution in [0.15, 0.2) is 90.9 Å². The van der Waals surface area contributed by atoms with Crippen LogP contribution in [0.4, 0.5) is 5.69 Å². The zero-order valence-corrected chi connectivity index (χ0v) is 27.0. The van der Waals surface area contributed by atoms with Gasteiger partial charge in [0.05, 0.1) is 12.1 Å². The second-order valence-corrected chi connectivity index (χ2v) is 12.2. The maximum Gasteiger partial charge on any atom is 0.335 e. The van der Waals surface area contributed by atoms with E-state index in [0.717, 1.165) is 17.1 Å². The molecule has 7 rings (SSSR count). The molecule has 248 valence electrons. The number of aromatic hydroxyl groups is 2. The molecule has 0 aliphatic carbocycles. The van der Waals surface area contributed by atoms with Gasteiger partial charge in [-0.15, -0.1) is 0 Å². The number of nitrogens with two attached hydrogens (primary N) is 1. The van der Waals surface area contributed by atoms with Crippen LogP contribution in [-0.4, -0.2) is 68.7 Å². The summed E-state index contributed by atoms with van der Waals surface area (Å²) in [5.74, 6) is -0.0559. The molecule has 1 amide bonds. The Morgan fingerprint density at radius 3 is 2.59 bits per heavy atom. The molecule has 7 N–H and O–H groups in total. The molecular weight excluding hydrogens is 646 g/mol. The van der Waals surface area contributed by atoms with E-state index in [-0.39, 0.29) is 58.7 Å². The van der Waals surface area contributed by atoms with Crippen molar-refractivity contribution in [2.24, 2.45) is 5.73 Å². The van der Waals surface area contributed by atoms with Gasteiger partial charge in [0.2, 0.25) is 11.9 Å². The number of nitrogens with one attached hydrogen (secondary N) is 2. The third-order valence-electron chi connectivity index (χ3n) is 8.79. The van der Waals surface area contributed by atoms with Gasteiger partial charge < -0.3 is 40.7 Å². The highest BCUT2D eigenvalue weighted by molar-refractivity contribution is 7.80. The van der Waals surface area contributed by atoms with Crippen molar-refractivity contribution < 1.29 is 39.4 Å². The van der Waals surface area contributed by atoms with Crippen molar-refractivity contribution >= 4 is 40.6 Å². The van der Waals surface area contributed by atoms with Crippen LogP contribution in [0, 0.1) is 0 Å². The molecule has 0 aromatic heterocycles. The first-order valence-corrected chi connectivity index (χ1v) is 15.9. The van der Waals surface area contributed by atoms with Crippen molar-refractivity contribution in [1.29, 1.82) is 0 Å². The normalized spacial score (nSPS) is 17.4.